The summed E-state index contributed by atoms with van der Waals surface area (Å²) in [5, 5.41) is 12.6. The van der Waals surface area contributed by atoms with E-state index in [0.717, 1.165) is 30.2 Å². The highest BCUT2D eigenvalue weighted by atomic mass is 35.5. The number of nitriles is 1. The van der Waals surface area contributed by atoms with E-state index in [0.29, 0.717) is 28.5 Å². The van der Waals surface area contributed by atoms with Crippen molar-refractivity contribution in [1.29, 1.82) is 5.26 Å². The number of rotatable bonds is 6. The fourth-order valence-electron chi connectivity index (χ4n) is 6.99. The zero-order chi connectivity index (χ0) is 32.5. The molecule has 11 heteroatoms. The van der Waals surface area contributed by atoms with E-state index >= 15 is 4.39 Å². The molecule has 1 aliphatic carbocycles. The van der Waals surface area contributed by atoms with Gasteiger partial charge in [-0.2, -0.15) is 5.26 Å². The van der Waals surface area contributed by atoms with Gasteiger partial charge in [0, 0.05) is 53.3 Å². The molecule has 4 atom stereocenters. The van der Waals surface area contributed by atoms with E-state index in [9.17, 15) is 14.4 Å². The van der Waals surface area contributed by atoms with Crippen LogP contribution in [0.3, 0.4) is 0 Å². The van der Waals surface area contributed by atoms with Crippen LogP contribution >= 0.6 is 11.6 Å². The number of amides is 1. The number of hydrogen-bond donors (Lipinski definition) is 0. The Balaban J connectivity index is 1.42. The van der Waals surface area contributed by atoms with Crippen LogP contribution in [-0.4, -0.2) is 91.0 Å². The third-order valence-electron chi connectivity index (χ3n) is 9.33. The highest BCUT2D eigenvalue weighted by Gasteiger charge is 2.44. The van der Waals surface area contributed by atoms with Crippen LogP contribution in [0.25, 0.3) is 21.2 Å². The van der Waals surface area contributed by atoms with Crippen LogP contribution in [0.15, 0.2) is 83.0 Å². The number of carbonyl (C=O) groups excluding carboxylic acids is 1. The van der Waals surface area contributed by atoms with Gasteiger partial charge in [0.2, 0.25) is 12.4 Å². The van der Waals surface area contributed by atoms with Crippen molar-refractivity contribution < 1.29 is 18.3 Å². The molecule has 0 aromatic heterocycles. The molecule has 2 saturated heterocycles. The molecule has 0 N–H and O–H groups in total. The zero-order valence-corrected chi connectivity index (χ0v) is 26.2. The van der Waals surface area contributed by atoms with Gasteiger partial charge in [0.25, 0.3) is 5.91 Å². The first-order valence-corrected chi connectivity index (χ1v) is 15.7. The summed E-state index contributed by atoms with van der Waals surface area (Å²) >= 11 is 6.61. The number of piperazine rings is 1. The van der Waals surface area contributed by atoms with E-state index in [1.807, 2.05) is 48.4 Å². The van der Waals surface area contributed by atoms with Crippen LogP contribution < -0.4 is 0 Å². The predicted octanol–water partition coefficient (Wildman–Crippen LogP) is 5.94. The summed E-state index contributed by atoms with van der Waals surface area (Å²) in [5.74, 6) is -3.02. The molecule has 236 valence electrons. The number of dihydropyridines is 1. The third kappa shape index (κ3) is 5.68. The lowest BCUT2D eigenvalue weighted by molar-refractivity contribution is -0.132. The van der Waals surface area contributed by atoms with Crippen LogP contribution in [-0.2, 0) is 9.53 Å². The Kier molecular flexibility index (Phi) is 8.95. The second-order valence-corrected chi connectivity index (χ2v) is 12.4. The molecule has 3 aliphatic heterocycles. The maximum atomic E-state index is 16.9. The van der Waals surface area contributed by atoms with Crippen molar-refractivity contribution in [3.8, 4) is 6.07 Å². The van der Waals surface area contributed by atoms with Crippen molar-refractivity contribution in [3.63, 3.8) is 0 Å². The third-order valence-corrected chi connectivity index (χ3v) is 9.64. The second-order valence-electron chi connectivity index (χ2n) is 12.0. The lowest BCUT2D eigenvalue weighted by Crippen LogP contribution is -2.57. The summed E-state index contributed by atoms with van der Waals surface area (Å²) in [6.07, 6.45) is 5.53. The molecule has 0 spiro atoms. The molecule has 2 unspecified atom stereocenters. The van der Waals surface area contributed by atoms with Crippen LogP contribution in [0.5, 0.6) is 0 Å². The van der Waals surface area contributed by atoms with E-state index in [1.54, 1.807) is 12.1 Å². The highest BCUT2D eigenvalue weighted by molar-refractivity contribution is 6.36. The lowest BCUT2D eigenvalue weighted by atomic mass is 9.81. The van der Waals surface area contributed by atoms with E-state index < -0.39 is 35.6 Å². The summed E-state index contributed by atoms with van der Waals surface area (Å²) in [5.41, 5.74) is 1.68. The van der Waals surface area contributed by atoms with Gasteiger partial charge in [0.1, 0.15) is 36.2 Å². The molecule has 0 bridgehead atoms. The minimum Gasteiger partial charge on any atom is -0.475 e. The Hall–Kier alpha value is -4.51. The topological polar surface area (TPSA) is 76.5 Å². The fraction of sp³-hybridized carbons (Fsp3) is 0.371. The van der Waals surface area contributed by atoms with Gasteiger partial charge in [0.05, 0.1) is 0 Å². The van der Waals surface area contributed by atoms with Crippen LogP contribution in [0.1, 0.15) is 18.4 Å². The maximum absolute atomic E-state index is 16.9. The van der Waals surface area contributed by atoms with Crippen LogP contribution in [0.4, 0.5) is 8.78 Å². The second kappa shape index (κ2) is 13.1. The van der Waals surface area contributed by atoms with Crippen molar-refractivity contribution in [1.82, 2.24) is 14.7 Å². The van der Waals surface area contributed by atoms with Gasteiger partial charge in [-0.15, -0.1) is 0 Å². The van der Waals surface area contributed by atoms with Crippen LogP contribution in [0.2, 0.25) is 5.02 Å². The standard InChI is InChI=1S/C35H33ClF2N6O2/c1-21(37)35(45)44-16-15-43(19-24(44)18-40-2)33-27-13-12-26(25-10-4-7-22-8-5-11-29(36)30(22)25)31(38)32(27)41-34(28(33)17-39)46-20-23-9-6-14-42(23)3/h4-5,7-8,10-13,23-24,27,32H,1,6,9,14-16,18-20H2,3H3/t23-,24-,27?,32?/m0/s1. The quantitative estimate of drug-likeness (QED) is 0.288. The number of aliphatic imine (C=N–C) groups is 1. The number of ether oxygens (including phenoxy) is 1. The molecule has 0 radical (unpaired) electrons. The molecular formula is C35H33ClF2N6O2. The summed E-state index contributed by atoms with van der Waals surface area (Å²) in [4.78, 5) is 26.2. The predicted molar refractivity (Wildman–Crippen MR) is 174 cm³/mol. The number of nitrogens with zero attached hydrogens (tertiary/aromatic N) is 6. The normalized spacial score (nSPS) is 24.9. The Morgan fingerprint density at radius 1 is 1.24 bits per heavy atom. The molecule has 2 aromatic carbocycles. The molecule has 0 saturated carbocycles. The largest absolute Gasteiger partial charge is 0.475 e. The Bertz CT molecular complexity index is 1800. The van der Waals surface area contributed by atoms with Gasteiger partial charge in [-0.25, -0.2) is 20.3 Å². The number of benzene rings is 2. The smallest absolute Gasteiger partial charge is 0.282 e. The van der Waals surface area contributed by atoms with E-state index in [1.165, 1.54) is 4.90 Å². The van der Waals surface area contributed by atoms with E-state index in [-0.39, 0.29) is 43.7 Å². The maximum Gasteiger partial charge on any atom is 0.282 e. The number of hydrogen-bond acceptors (Lipinski definition) is 6. The fourth-order valence-corrected chi connectivity index (χ4v) is 7.28. The highest BCUT2D eigenvalue weighted by Crippen LogP contribution is 2.44. The minimum atomic E-state index is -1.10. The number of carbonyl (C=O) groups is 1. The summed E-state index contributed by atoms with van der Waals surface area (Å²) < 4.78 is 37.0. The van der Waals surface area contributed by atoms with Gasteiger partial charge in [-0.1, -0.05) is 60.7 Å². The average molecular weight is 643 g/mol. The molecule has 3 heterocycles. The van der Waals surface area contributed by atoms with Gasteiger partial charge < -0.3 is 24.3 Å². The first kappa shape index (κ1) is 31.5. The average Bonchev–Trinajstić information content (AvgIpc) is 3.47. The number of halogens is 3. The van der Waals surface area contributed by atoms with Crippen molar-refractivity contribution in [2.45, 2.75) is 31.0 Å². The van der Waals surface area contributed by atoms with E-state index in [4.69, 9.17) is 27.9 Å². The molecule has 2 fully saturated rings. The van der Waals surface area contributed by atoms with Gasteiger partial charge in [-0.3, -0.25) is 4.79 Å². The van der Waals surface area contributed by atoms with E-state index in [2.05, 4.69) is 22.4 Å². The summed E-state index contributed by atoms with van der Waals surface area (Å²) in [6, 6.07) is 11.9. The van der Waals surface area contributed by atoms with Gasteiger partial charge in [-0.05, 0) is 43.5 Å². The SMILES string of the molecule is [C-]#[N+]C[C@H]1CN(C2=C(C#N)C(OC[C@@H]3CCCN3C)=NC3C(F)=C(c4cccc5cccc(Cl)c45)C=CC23)CCN1C(=O)C(=C)F. The monoisotopic (exact) mass is 642 g/mol. The van der Waals surface area contributed by atoms with Gasteiger partial charge >= 0.3 is 0 Å². The Morgan fingerprint density at radius 2 is 2.02 bits per heavy atom. The Labute approximate surface area is 272 Å². The number of fused-ring (bicyclic) bond motifs is 2. The van der Waals surface area contributed by atoms with Crippen LogP contribution in [0, 0.1) is 23.8 Å². The number of likely N-dealkylation sites (N-methyl/N-ethyl adjacent to an activating group) is 1. The van der Waals surface area contributed by atoms with Crippen molar-refractivity contribution in [3.05, 3.63) is 100 Å². The Morgan fingerprint density at radius 3 is 2.72 bits per heavy atom. The molecule has 6 rings (SSSR count). The summed E-state index contributed by atoms with van der Waals surface area (Å²) in [6.45, 7) is 12.3. The number of allylic oxidation sites excluding steroid dienone is 2. The first-order valence-electron chi connectivity index (χ1n) is 15.3. The minimum absolute atomic E-state index is 0.0668. The first-order chi connectivity index (χ1) is 22.2. The molecule has 8 nitrogen and oxygen atoms in total. The molecule has 46 heavy (non-hydrogen) atoms. The summed E-state index contributed by atoms with van der Waals surface area (Å²) in [7, 11) is 2.02. The van der Waals surface area contributed by atoms with Crippen molar-refractivity contribution in [2.24, 2.45) is 10.9 Å². The molecular weight excluding hydrogens is 610 g/mol. The molecule has 1 amide bonds. The lowest BCUT2D eigenvalue weighted by Gasteiger charge is -2.44. The molecule has 4 aliphatic rings. The molecule has 2 aromatic rings. The van der Waals surface area contributed by atoms with Crippen molar-refractivity contribution >= 4 is 39.8 Å². The van der Waals surface area contributed by atoms with Crippen molar-refractivity contribution in [2.75, 3.05) is 46.4 Å². The number of likely N-dealkylation sites (tertiary alicyclic amines) is 1. The zero-order valence-electron chi connectivity index (χ0n) is 25.4. The van der Waals surface area contributed by atoms with Gasteiger partial charge in [0.15, 0.2) is 5.83 Å².